The zero-order valence-electron chi connectivity index (χ0n) is 20.5. The molecule has 1 N–H and O–H groups in total. The Morgan fingerprint density at radius 2 is 1.68 bits per heavy atom. The molecule has 5 heteroatoms. The predicted molar refractivity (Wildman–Crippen MR) is 135 cm³/mol. The molecule has 1 aliphatic rings. The van der Waals surface area contributed by atoms with Crippen molar-refractivity contribution in [2.24, 2.45) is 0 Å². The number of ether oxygens (including phenoxy) is 2. The standard InChI is InChI=1S/C29H34N2O3/c1-20-10-12-23(13-11-20)19-31-15-14-24-17-26(33-3)27(34-4)18-25(24)29(31)21(2)30-28(32)16-22-8-6-5-7-9-22/h5-13,17-18,21,29H,14-16,19H2,1-4H3,(H,30,32)/t21-,29-/m1/s1. The summed E-state index contributed by atoms with van der Waals surface area (Å²) in [5.74, 6) is 1.49. The summed E-state index contributed by atoms with van der Waals surface area (Å²) in [6.45, 7) is 5.92. The van der Waals surface area contributed by atoms with Crippen molar-refractivity contribution in [1.29, 1.82) is 0 Å². The van der Waals surface area contributed by atoms with Crippen LogP contribution in [0.1, 0.15) is 40.8 Å². The third-order valence-electron chi connectivity index (χ3n) is 6.60. The number of nitrogens with zero attached hydrogens (tertiary/aromatic N) is 1. The number of carbonyl (C=O) groups excluding carboxylic acids is 1. The van der Waals surface area contributed by atoms with Crippen molar-refractivity contribution in [2.45, 2.75) is 45.3 Å². The number of benzene rings is 3. The topological polar surface area (TPSA) is 50.8 Å². The maximum absolute atomic E-state index is 12.9. The second-order valence-corrected chi connectivity index (χ2v) is 9.08. The summed E-state index contributed by atoms with van der Waals surface area (Å²) >= 11 is 0. The second kappa shape index (κ2) is 10.7. The highest BCUT2D eigenvalue weighted by Gasteiger charge is 2.33. The van der Waals surface area contributed by atoms with Crippen LogP contribution in [-0.4, -0.2) is 37.6 Å². The van der Waals surface area contributed by atoms with Crippen LogP contribution in [0.15, 0.2) is 66.7 Å². The maximum atomic E-state index is 12.9. The molecule has 0 saturated heterocycles. The Hall–Kier alpha value is -3.31. The van der Waals surface area contributed by atoms with E-state index in [2.05, 4.69) is 60.5 Å². The van der Waals surface area contributed by atoms with E-state index in [1.165, 1.54) is 22.3 Å². The van der Waals surface area contributed by atoms with Gasteiger partial charge in [0.05, 0.1) is 26.7 Å². The first-order chi connectivity index (χ1) is 16.5. The molecule has 2 atom stereocenters. The van der Waals surface area contributed by atoms with Crippen molar-refractivity contribution < 1.29 is 14.3 Å². The zero-order chi connectivity index (χ0) is 24.1. The quantitative estimate of drug-likeness (QED) is 0.524. The van der Waals surface area contributed by atoms with Gasteiger partial charge in [-0.3, -0.25) is 9.69 Å². The second-order valence-electron chi connectivity index (χ2n) is 9.08. The highest BCUT2D eigenvalue weighted by Crippen LogP contribution is 2.40. The molecule has 34 heavy (non-hydrogen) atoms. The first-order valence-corrected chi connectivity index (χ1v) is 11.9. The van der Waals surface area contributed by atoms with Gasteiger partial charge in [0.15, 0.2) is 11.5 Å². The van der Waals surface area contributed by atoms with Gasteiger partial charge in [0.2, 0.25) is 5.91 Å². The monoisotopic (exact) mass is 458 g/mol. The fraction of sp³-hybridized carbons (Fsp3) is 0.345. The van der Waals surface area contributed by atoms with Crippen molar-refractivity contribution in [1.82, 2.24) is 10.2 Å². The molecular formula is C29H34N2O3. The highest BCUT2D eigenvalue weighted by molar-refractivity contribution is 5.79. The Kier molecular flexibility index (Phi) is 7.53. The Labute approximate surface area is 202 Å². The van der Waals surface area contributed by atoms with Gasteiger partial charge >= 0.3 is 0 Å². The van der Waals surface area contributed by atoms with Gasteiger partial charge in [-0.15, -0.1) is 0 Å². The van der Waals surface area contributed by atoms with E-state index in [1.807, 2.05) is 30.3 Å². The van der Waals surface area contributed by atoms with Crippen molar-refractivity contribution in [3.05, 3.63) is 94.5 Å². The zero-order valence-corrected chi connectivity index (χ0v) is 20.5. The van der Waals surface area contributed by atoms with E-state index in [1.54, 1.807) is 14.2 Å². The maximum Gasteiger partial charge on any atom is 0.224 e. The molecule has 1 amide bonds. The van der Waals surface area contributed by atoms with E-state index in [9.17, 15) is 4.79 Å². The van der Waals surface area contributed by atoms with Gasteiger partial charge in [0.25, 0.3) is 0 Å². The van der Waals surface area contributed by atoms with E-state index in [-0.39, 0.29) is 18.0 Å². The average molecular weight is 459 g/mol. The molecule has 0 saturated carbocycles. The Morgan fingerprint density at radius 1 is 1.00 bits per heavy atom. The number of nitrogens with one attached hydrogen (secondary N) is 1. The van der Waals surface area contributed by atoms with Gasteiger partial charge in [-0.05, 0) is 54.7 Å². The van der Waals surface area contributed by atoms with E-state index >= 15 is 0 Å². The highest BCUT2D eigenvalue weighted by atomic mass is 16.5. The molecular weight excluding hydrogens is 424 g/mol. The van der Waals surface area contributed by atoms with Crippen molar-refractivity contribution in [2.75, 3.05) is 20.8 Å². The summed E-state index contributed by atoms with van der Waals surface area (Å²) < 4.78 is 11.2. The minimum absolute atomic E-state index is 0.0181. The molecule has 1 heterocycles. The SMILES string of the molecule is COc1cc2c(cc1OC)[C@@H]([C@@H](C)NC(=O)Cc1ccccc1)N(Cc1ccc(C)cc1)CC2. The molecule has 5 nitrogen and oxygen atoms in total. The van der Waals surface area contributed by atoms with Crippen LogP contribution in [0.4, 0.5) is 0 Å². The molecule has 4 rings (SSSR count). The average Bonchev–Trinajstić information content (AvgIpc) is 2.84. The van der Waals surface area contributed by atoms with Gasteiger partial charge < -0.3 is 14.8 Å². The lowest BCUT2D eigenvalue weighted by atomic mass is 9.87. The summed E-state index contributed by atoms with van der Waals surface area (Å²) in [6.07, 6.45) is 1.29. The molecule has 1 aliphatic heterocycles. The number of aryl methyl sites for hydroxylation is 1. The van der Waals surface area contributed by atoms with Crippen LogP contribution in [0.5, 0.6) is 11.5 Å². The summed E-state index contributed by atoms with van der Waals surface area (Å²) in [5, 5.41) is 3.28. The van der Waals surface area contributed by atoms with Gasteiger partial charge in [0.1, 0.15) is 0 Å². The molecule has 0 fully saturated rings. The molecule has 0 bridgehead atoms. The number of fused-ring (bicyclic) bond motifs is 1. The van der Waals surface area contributed by atoms with Crippen LogP contribution < -0.4 is 14.8 Å². The summed E-state index contributed by atoms with van der Waals surface area (Å²) in [7, 11) is 3.33. The number of rotatable bonds is 8. The van der Waals surface area contributed by atoms with Crippen molar-refractivity contribution >= 4 is 5.91 Å². The Balaban J connectivity index is 1.63. The first-order valence-electron chi connectivity index (χ1n) is 11.9. The molecule has 178 valence electrons. The lowest BCUT2D eigenvalue weighted by Crippen LogP contribution is -2.47. The summed E-state index contributed by atoms with van der Waals surface area (Å²) in [6, 6.07) is 22.7. The van der Waals surface area contributed by atoms with E-state index in [0.29, 0.717) is 12.2 Å². The lowest BCUT2D eigenvalue weighted by molar-refractivity contribution is -0.121. The van der Waals surface area contributed by atoms with Crippen molar-refractivity contribution in [3.63, 3.8) is 0 Å². The number of hydrogen-bond acceptors (Lipinski definition) is 4. The van der Waals surface area contributed by atoms with Crippen LogP contribution in [0.3, 0.4) is 0 Å². The summed E-state index contributed by atoms with van der Waals surface area (Å²) in [5.41, 5.74) is 5.96. The predicted octanol–water partition coefficient (Wildman–Crippen LogP) is 4.86. The third kappa shape index (κ3) is 5.42. The van der Waals surface area contributed by atoms with E-state index in [0.717, 1.165) is 30.8 Å². The Morgan fingerprint density at radius 3 is 2.35 bits per heavy atom. The van der Waals surface area contributed by atoms with Crippen LogP contribution in [0, 0.1) is 6.92 Å². The van der Waals surface area contributed by atoms with Crippen LogP contribution in [0.2, 0.25) is 0 Å². The fourth-order valence-electron chi connectivity index (χ4n) is 4.88. The minimum atomic E-state index is -0.0844. The number of methoxy groups -OCH3 is 2. The number of carbonyl (C=O) groups is 1. The van der Waals surface area contributed by atoms with E-state index in [4.69, 9.17) is 9.47 Å². The Bertz CT molecular complexity index is 1110. The lowest BCUT2D eigenvalue weighted by Gasteiger charge is -2.41. The van der Waals surface area contributed by atoms with Crippen molar-refractivity contribution in [3.8, 4) is 11.5 Å². The van der Waals surface area contributed by atoms with Crippen LogP contribution in [0.25, 0.3) is 0 Å². The molecule has 3 aromatic carbocycles. The van der Waals surface area contributed by atoms with Crippen LogP contribution >= 0.6 is 0 Å². The normalized spacial score (nSPS) is 16.4. The van der Waals surface area contributed by atoms with Gasteiger partial charge in [-0.25, -0.2) is 0 Å². The largest absolute Gasteiger partial charge is 0.493 e. The van der Waals surface area contributed by atoms with Gasteiger partial charge in [0, 0.05) is 19.1 Å². The van der Waals surface area contributed by atoms with E-state index < -0.39 is 0 Å². The molecule has 0 aliphatic carbocycles. The smallest absolute Gasteiger partial charge is 0.224 e. The third-order valence-corrected chi connectivity index (χ3v) is 6.60. The van der Waals surface area contributed by atoms with Gasteiger partial charge in [-0.1, -0.05) is 60.2 Å². The minimum Gasteiger partial charge on any atom is -0.493 e. The molecule has 0 aromatic heterocycles. The molecule has 3 aromatic rings. The van der Waals surface area contributed by atoms with Crippen LogP contribution in [-0.2, 0) is 24.2 Å². The number of hydrogen-bond donors (Lipinski definition) is 1. The molecule has 0 spiro atoms. The number of amides is 1. The molecule has 0 unspecified atom stereocenters. The first kappa shape index (κ1) is 23.8. The van der Waals surface area contributed by atoms with Gasteiger partial charge in [-0.2, -0.15) is 0 Å². The molecule has 0 radical (unpaired) electrons. The summed E-state index contributed by atoms with van der Waals surface area (Å²) in [4.78, 5) is 15.4. The fourth-order valence-corrected chi connectivity index (χ4v) is 4.88.